The monoisotopic (exact) mass is 522 g/mol. The van der Waals surface area contributed by atoms with Gasteiger partial charge >= 0.3 is 0 Å². The molecular formula is C24H28F2N4O3S2. The van der Waals surface area contributed by atoms with Crippen LogP contribution in [0.4, 0.5) is 13.9 Å². The van der Waals surface area contributed by atoms with Gasteiger partial charge in [-0.1, -0.05) is 24.2 Å². The molecule has 0 saturated carbocycles. The molecule has 0 bridgehead atoms. The first-order valence-electron chi connectivity index (χ1n) is 11.5. The van der Waals surface area contributed by atoms with Gasteiger partial charge in [-0.05, 0) is 57.3 Å². The number of anilines is 1. The van der Waals surface area contributed by atoms with Crippen molar-refractivity contribution in [3.63, 3.8) is 0 Å². The lowest BCUT2D eigenvalue weighted by molar-refractivity contribution is 0.0985. The average Bonchev–Trinajstić information content (AvgIpc) is 3.04. The van der Waals surface area contributed by atoms with Crippen LogP contribution in [0.3, 0.4) is 0 Å². The molecule has 0 spiro atoms. The Hall–Kier alpha value is -2.47. The fraction of sp³-hybridized carbons (Fsp3) is 0.417. The van der Waals surface area contributed by atoms with Gasteiger partial charge in [0.2, 0.25) is 10.0 Å². The van der Waals surface area contributed by atoms with Gasteiger partial charge in [0.1, 0.15) is 11.3 Å². The molecular weight excluding hydrogens is 494 g/mol. The van der Waals surface area contributed by atoms with Crippen LogP contribution in [0.2, 0.25) is 0 Å². The van der Waals surface area contributed by atoms with Crippen molar-refractivity contribution in [3.05, 3.63) is 53.6 Å². The first-order valence-corrected chi connectivity index (χ1v) is 13.7. The zero-order chi connectivity index (χ0) is 25.2. The number of rotatable bonds is 7. The number of halogens is 2. The number of benzene rings is 2. The maximum atomic E-state index is 14.2. The first-order chi connectivity index (χ1) is 16.7. The van der Waals surface area contributed by atoms with Gasteiger partial charge in [0, 0.05) is 37.8 Å². The van der Waals surface area contributed by atoms with E-state index < -0.39 is 27.6 Å². The molecule has 4 rings (SSSR count). The minimum Gasteiger partial charge on any atom is -0.308 e. The van der Waals surface area contributed by atoms with E-state index in [9.17, 15) is 22.0 Å². The third-order valence-corrected chi connectivity index (χ3v) is 8.89. The Morgan fingerprint density at radius 3 is 2.31 bits per heavy atom. The van der Waals surface area contributed by atoms with Crippen molar-refractivity contribution in [2.75, 3.05) is 45.2 Å². The van der Waals surface area contributed by atoms with E-state index in [-0.39, 0.29) is 27.7 Å². The number of likely N-dealkylation sites (N-methyl/N-ethyl adjacent to an activating group) is 1. The largest absolute Gasteiger partial charge is 0.308 e. The Balaban J connectivity index is 1.63. The fourth-order valence-electron chi connectivity index (χ4n) is 4.00. The molecule has 1 amide bonds. The molecule has 1 fully saturated rings. The summed E-state index contributed by atoms with van der Waals surface area (Å²) in [6, 6.07) is 7.83. The van der Waals surface area contributed by atoms with Crippen molar-refractivity contribution in [1.29, 1.82) is 0 Å². The first kappa shape index (κ1) is 25.6. The van der Waals surface area contributed by atoms with Gasteiger partial charge in [-0.2, -0.15) is 4.31 Å². The molecule has 1 aliphatic rings. The van der Waals surface area contributed by atoms with E-state index in [0.717, 1.165) is 43.1 Å². The molecule has 1 saturated heterocycles. The van der Waals surface area contributed by atoms with Gasteiger partial charge in [-0.3, -0.25) is 9.69 Å². The zero-order valence-corrected chi connectivity index (χ0v) is 21.3. The van der Waals surface area contributed by atoms with Gasteiger partial charge in [0.05, 0.1) is 9.60 Å². The summed E-state index contributed by atoms with van der Waals surface area (Å²) in [6.45, 7) is 1.77. The van der Waals surface area contributed by atoms with Crippen LogP contribution in [0.1, 0.15) is 36.0 Å². The van der Waals surface area contributed by atoms with Gasteiger partial charge in [-0.25, -0.2) is 22.2 Å². The van der Waals surface area contributed by atoms with Crippen LogP contribution < -0.4 is 4.90 Å². The quantitative estimate of drug-likeness (QED) is 0.461. The molecule has 2 aromatic carbocycles. The predicted molar refractivity (Wildman–Crippen MR) is 133 cm³/mol. The summed E-state index contributed by atoms with van der Waals surface area (Å²) in [5, 5.41) is 0.248. The maximum Gasteiger partial charge on any atom is 0.260 e. The number of thiazole rings is 1. The van der Waals surface area contributed by atoms with Crippen LogP contribution in [0.5, 0.6) is 0 Å². The van der Waals surface area contributed by atoms with Gasteiger partial charge in [0.25, 0.3) is 5.91 Å². The van der Waals surface area contributed by atoms with E-state index in [1.54, 1.807) is 0 Å². The number of hydrogen-bond donors (Lipinski definition) is 0. The summed E-state index contributed by atoms with van der Waals surface area (Å²) >= 11 is 1.03. The standard InChI is InChI=1S/C24H28F2N4O3S2/c1-28(2)13-14-30(24-27-22-20(26)15-18(25)16-21(22)34-24)23(31)17-7-9-19(10-8-17)35(32,33)29-11-5-3-4-6-12-29/h7-10,15-16H,3-6,11-14H2,1-2H3. The Morgan fingerprint density at radius 1 is 1.03 bits per heavy atom. The third kappa shape index (κ3) is 5.69. The SMILES string of the molecule is CN(C)CCN(C(=O)c1ccc(S(=O)(=O)N2CCCCCC2)cc1)c1nc2c(F)cc(F)cc2s1. The van der Waals surface area contributed by atoms with Gasteiger partial charge in [0.15, 0.2) is 10.9 Å². The zero-order valence-electron chi connectivity index (χ0n) is 19.7. The summed E-state index contributed by atoms with van der Waals surface area (Å²) in [6.07, 6.45) is 3.71. The highest BCUT2D eigenvalue weighted by Crippen LogP contribution is 2.32. The summed E-state index contributed by atoms with van der Waals surface area (Å²) in [5.74, 6) is -1.89. The minimum absolute atomic E-state index is 0.00736. The summed E-state index contributed by atoms with van der Waals surface area (Å²) in [4.78, 5) is 21.2. The lowest BCUT2D eigenvalue weighted by Gasteiger charge is -2.22. The molecule has 1 aliphatic heterocycles. The summed E-state index contributed by atoms with van der Waals surface area (Å²) in [7, 11) is 0.0857. The molecule has 188 valence electrons. The summed E-state index contributed by atoms with van der Waals surface area (Å²) in [5.41, 5.74) is 0.289. The molecule has 0 unspecified atom stereocenters. The van der Waals surface area contributed by atoms with Crippen LogP contribution in [-0.4, -0.2) is 68.8 Å². The normalized spacial score (nSPS) is 15.5. The topological polar surface area (TPSA) is 73.8 Å². The van der Waals surface area contributed by atoms with Crippen molar-refractivity contribution in [1.82, 2.24) is 14.2 Å². The second kappa shape index (κ2) is 10.7. The Labute approximate surface area is 208 Å². The molecule has 35 heavy (non-hydrogen) atoms. The number of nitrogens with zero attached hydrogens (tertiary/aromatic N) is 4. The lowest BCUT2D eigenvalue weighted by atomic mass is 10.2. The Morgan fingerprint density at radius 2 is 1.69 bits per heavy atom. The lowest BCUT2D eigenvalue weighted by Crippen LogP contribution is -2.36. The average molecular weight is 523 g/mol. The smallest absolute Gasteiger partial charge is 0.260 e. The number of sulfonamides is 1. The van der Waals surface area contributed by atoms with Crippen LogP contribution in [0.15, 0.2) is 41.3 Å². The molecule has 1 aromatic heterocycles. The number of amides is 1. The molecule has 0 atom stereocenters. The number of carbonyl (C=O) groups excluding carboxylic acids is 1. The van der Waals surface area contributed by atoms with Crippen molar-refractivity contribution in [3.8, 4) is 0 Å². The molecule has 11 heteroatoms. The molecule has 0 radical (unpaired) electrons. The fourth-order valence-corrected chi connectivity index (χ4v) is 6.55. The second-order valence-electron chi connectivity index (χ2n) is 8.83. The van der Waals surface area contributed by atoms with E-state index >= 15 is 0 Å². The Bertz CT molecular complexity index is 1300. The molecule has 7 nitrogen and oxygen atoms in total. The van der Waals surface area contributed by atoms with E-state index in [4.69, 9.17) is 0 Å². The minimum atomic E-state index is -3.63. The van der Waals surface area contributed by atoms with Crippen molar-refractivity contribution in [2.45, 2.75) is 30.6 Å². The number of hydrogen-bond acceptors (Lipinski definition) is 6. The number of aromatic nitrogens is 1. The third-order valence-electron chi connectivity index (χ3n) is 5.95. The van der Waals surface area contributed by atoms with Crippen molar-refractivity contribution >= 4 is 42.6 Å². The van der Waals surface area contributed by atoms with Gasteiger partial charge < -0.3 is 4.90 Å². The molecule has 3 aromatic rings. The number of fused-ring (bicyclic) bond motifs is 1. The predicted octanol–water partition coefficient (Wildman–Crippen LogP) is 4.35. The van der Waals surface area contributed by atoms with E-state index in [2.05, 4.69) is 4.98 Å². The summed E-state index contributed by atoms with van der Waals surface area (Å²) < 4.78 is 55.8. The maximum absolute atomic E-state index is 14.2. The van der Waals surface area contributed by atoms with Crippen molar-refractivity contribution in [2.24, 2.45) is 0 Å². The van der Waals surface area contributed by atoms with Crippen LogP contribution >= 0.6 is 11.3 Å². The van der Waals surface area contributed by atoms with Crippen LogP contribution in [0, 0.1) is 11.6 Å². The highest BCUT2D eigenvalue weighted by molar-refractivity contribution is 7.89. The Kier molecular flexibility index (Phi) is 7.80. The molecule has 0 N–H and O–H groups in total. The van der Waals surface area contributed by atoms with Crippen molar-refractivity contribution < 1.29 is 22.0 Å². The highest BCUT2D eigenvalue weighted by atomic mass is 32.2. The van der Waals surface area contributed by atoms with Crippen LogP contribution in [-0.2, 0) is 10.0 Å². The molecule has 0 aliphatic carbocycles. The number of carbonyl (C=O) groups is 1. The van der Waals surface area contributed by atoms with Crippen LogP contribution in [0.25, 0.3) is 10.2 Å². The van der Waals surface area contributed by atoms with E-state index in [1.165, 1.54) is 39.5 Å². The molecule has 2 heterocycles. The highest BCUT2D eigenvalue weighted by Gasteiger charge is 2.27. The van der Waals surface area contributed by atoms with E-state index in [0.29, 0.717) is 24.3 Å². The van der Waals surface area contributed by atoms with Gasteiger partial charge in [-0.15, -0.1) is 0 Å². The van der Waals surface area contributed by atoms with E-state index in [1.807, 2.05) is 19.0 Å². The second-order valence-corrected chi connectivity index (χ2v) is 11.8.